The molecule has 2 aliphatic heterocycles. The third kappa shape index (κ3) is 4.90. The molecule has 2 aromatic rings. The van der Waals surface area contributed by atoms with Crippen LogP contribution in [0.1, 0.15) is 35.4 Å². The average molecular weight is 426 g/mol. The van der Waals surface area contributed by atoms with Crippen LogP contribution < -0.4 is 5.32 Å². The number of amides is 2. The predicted molar refractivity (Wildman–Crippen MR) is 115 cm³/mol. The normalized spacial score (nSPS) is 22.5. The van der Waals surface area contributed by atoms with Crippen molar-refractivity contribution in [3.63, 3.8) is 0 Å². The van der Waals surface area contributed by atoms with Crippen molar-refractivity contribution < 1.29 is 14.0 Å². The van der Waals surface area contributed by atoms with E-state index in [2.05, 4.69) is 27.2 Å². The molecule has 2 fully saturated rings. The summed E-state index contributed by atoms with van der Waals surface area (Å²) in [6, 6.07) is 6.16. The van der Waals surface area contributed by atoms with E-state index >= 15 is 0 Å². The summed E-state index contributed by atoms with van der Waals surface area (Å²) in [7, 11) is 2.06. The third-order valence-corrected chi connectivity index (χ3v) is 6.45. The smallest absolute Gasteiger partial charge is 0.274 e. The molecule has 0 saturated carbocycles. The first kappa shape index (κ1) is 21.4. The van der Waals surface area contributed by atoms with Gasteiger partial charge in [0.25, 0.3) is 5.91 Å². The highest BCUT2D eigenvalue weighted by Gasteiger charge is 2.39. The number of aromatic nitrogens is 2. The van der Waals surface area contributed by atoms with E-state index in [4.69, 9.17) is 0 Å². The molecule has 1 N–H and O–H groups in total. The zero-order valence-electron chi connectivity index (χ0n) is 17.9. The summed E-state index contributed by atoms with van der Waals surface area (Å²) in [6.07, 6.45) is 5.77. The fourth-order valence-electron chi connectivity index (χ4n) is 4.70. The van der Waals surface area contributed by atoms with Crippen molar-refractivity contribution in [2.24, 2.45) is 11.8 Å². The van der Waals surface area contributed by atoms with Crippen LogP contribution in [0.2, 0.25) is 0 Å². The van der Waals surface area contributed by atoms with Crippen molar-refractivity contribution in [3.8, 4) is 0 Å². The molecule has 1 aromatic heterocycles. The third-order valence-electron chi connectivity index (χ3n) is 6.45. The minimum absolute atomic E-state index is 0.0217. The molecule has 0 aliphatic carbocycles. The lowest BCUT2D eigenvalue weighted by molar-refractivity contribution is -0.119. The van der Waals surface area contributed by atoms with Gasteiger partial charge in [0, 0.05) is 37.6 Å². The maximum Gasteiger partial charge on any atom is 0.274 e. The number of aryl methyl sites for hydroxylation is 1. The van der Waals surface area contributed by atoms with Crippen LogP contribution in [0.5, 0.6) is 0 Å². The fraction of sp³-hybridized carbons (Fsp3) is 0.478. The second-order valence-corrected chi connectivity index (χ2v) is 8.61. The molecule has 2 saturated heterocycles. The second-order valence-electron chi connectivity index (χ2n) is 8.61. The van der Waals surface area contributed by atoms with Gasteiger partial charge < -0.3 is 15.1 Å². The molecule has 2 amide bonds. The van der Waals surface area contributed by atoms with Crippen LogP contribution in [0.3, 0.4) is 0 Å². The van der Waals surface area contributed by atoms with E-state index in [0.29, 0.717) is 43.0 Å². The van der Waals surface area contributed by atoms with E-state index in [1.54, 1.807) is 24.5 Å². The SMILES string of the molecule is Cc1cnc(C(=O)N2CCC([C@H]3C[C@@H](C(=O)Nc4ccc(F)cc4)CN3C)CC2)cn1. The number of nitrogens with one attached hydrogen (secondary N) is 1. The van der Waals surface area contributed by atoms with Gasteiger partial charge in [-0.3, -0.25) is 14.6 Å². The van der Waals surface area contributed by atoms with E-state index in [-0.39, 0.29) is 23.5 Å². The first-order valence-electron chi connectivity index (χ1n) is 10.8. The summed E-state index contributed by atoms with van der Waals surface area (Å²) in [5, 5.41) is 2.90. The zero-order chi connectivity index (χ0) is 22.0. The molecule has 0 spiro atoms. The molecule has 0 unspecified atom stereocenters. The fourth-order valence-corrected chi connectivity index (χ4v) is 4.70. The molecular weight excluding hydrogens is 397 g/mol. The lowest BCUT2D eigenvalue weighted by Gasteiger charge is -2.37. The van der Waals surface area contributed by atoms with Crippen LogP contribution in [0.25, 0.3) is 0 Å². The summed E-state index contributed by atoms with van der Waals surface area (Å²) in [6.45, 7) is 3.93. The number of anilines is 1. The van der Waals surface area contributed by atoms with Crippen molar-refractivity contribution in [2.45, 2.75) is 32.2 Å². The van der Waals surface area contributed by atoms with Gasteiger partial charge in [-0.25, -0.2) is 9.37 Å². The van der Waals surface area contributed by atoms with Gasteiger partial charge in [-0.05, 0) is 63.4 Å². The number of hydrogen-bond acceptors (Lipinski definition) is 5. The predicted octanol–water partition coefficient (Wildman–Crippen LogP) is 2.74. The Morgan fingerprint density at radius 1 is 1.10 bits per heavy atom. The molecule has 31 heavy (non-hydrogen) atoms. The van der Waals surface area contributed by atoms with Crippen LogP contribution in [0.15, 0.2) is 36.7 Å². The quantitative estimate of drug-likeness (QED) is 0.815. The molecule has 0 bridgehead atoms. The van der Waals surface area contributed by atoms with E-state index in [1.807, 2.05) is 11.8 Å². The summed E-state index contributed by atoms with van der Waals surface area (Å²) < 4.78 is 13.1. The van der Waals surface area contributed by atoms with Crippen molar-refractivity contribution in [3.05, 3.63) is 53.9 Å². The molecule has 3 heterocycles. The van der Waals surface area contributed by atoms with Gasteiger partial charge in [-0.2, -0.15) is 0 Å². The van der Waals surface area contributed by atoms with Crippen molar-refractivity contribution in [1.29, 1.82) is 0 Å². The molecular formula is C23H28FN5O2. The van der Waals surface area contributed by atoms with E-state index in [0.717, 1.165) is 25.0 Å². The largest absolute Gasteiger partial charge is 0.337 e. The Balaban J connectivity index is 1.30. The summed E-state index contributed by atoms with van der Waals surface area (Å²) in [5.74, 6) is -0.0592. The minimum Gasteiger partial charge on any atom is -0.337 e. The number of carbonyl (C=O) groups excluding carboxylic acids is 2. The molecule has 1 aromatic carbocycles. The lowest BCUT2D eigenvalue weighted by atomic mass is 9.86. The molecule has 164 valence electrons. The van der Waals surface area contributed by atoms with Crippen LogP contribution >= 0.6 is 0 Å². The van der Waals surface area contributed by atoms with Gasteiger partial charge in [0.1, 0.15) is 11.5 Å². The van der Waals surface area contributed by atoms with E-state index < -0.39 is 0 Å². The van der Waals surface area contributed by atoms with E-state index in [1.165, 1.54) is 12.1 Å². The van der Waals surface area contributed by atoms with E-state index in [9.17, 15) is 14.0 Å². The highest BCUT2D eigenvalue weighted by atomic mass is 19.1. The lowest BCUT2D eigenvalue weighted by Crippen LogP contribution is -2.44. The Morgan fingerprint density at radius 2 is 1.81 bits per heavy atom. The first-order chi connectivity index (χ1) is 14.9. The Hall–Kier alpha value is -2.87. The van der Waals surface area contributed by atoms with Gasteiger partial charge in [0.2, 0.25) is 5.91 Å². The number of hydrogen-bond donors (Lipinski definition) is 1. The maximum absolute atomic E-state index is 13.1. The standard InChI is InChI=1S/C23H28FN5O2/c1-15-12-26-20(13-25-15)23(31)29-9-7-16(8-10-29)21-11-17(14-28(21)2)22(30)27-19-5-3-18(24)4-6-19/h3-6,12-13,16-17,21H,7-11,14H2,1-2H3,(H,27,30)/t17-,21-/m1/s1. The monoisotopic (exact) mass is 425 g/mol. The zero-order valence-corrected chi connectivity index (χ0v) is 17.9. The van der Waals surface area contributed by atoms with Gasteiger partial charge in [0.15, 0.2) is 0 Å². The Kier molecular flexibility index (Phi) is 6.27. The number of halogens is 1. The number of piperidine rings is 1. The Bertz CT molecular complexity index is 926. The van der Waals surface area contributed by atoms with Crippen molar-refractivity contribution >= 4 is 17.5 Å². The van der Waals surface area contributed by atoms with Crippen molar-refractivity contribution in [2.75, 3.05) is 32.0 Å². The maximum atomic E-state index is 13.1. The highest BCUT2D eigenvalue weighted by Crippen LogP contribution is 2.33. The summed E-state index contributed by atoms with van der Waals surface area (Å²) in [5.41, 5.74) is 1.79. The van der Waals surface area contributed by atoms with Gasteiger partial charge in [0.05, 0.1) is 17.8 Å². The number of nitrogens with zero attached hydrogens (tertiary/aromatic N) is 4. The van der Waals surface area contributed by atoms with Gasteiger partial charge in [-0.15, -0.1) is 0 Å². The number of benzene rings is 1. The van der Waals surface area contributed by atoms with Crippen LogP contribution in [-0.4, -0.2) is 64.3 Å². The molecule has 0 radical (unpaired) electrons. The Morgan fingerprint density at radius 3 is 2.45 bits per heavy atom. The molecule has 7 nitrogen and oxygen atoms in total. The second kappa shape index (κ2) is 9.09. The van der Waals surface area contributed by atoms with Crippen LogP contribution in [0.4, 0.5) is 10.1 Å². The molecule has 2 aliphatic rings. The average Bonchev–Trinajstić information content (AvgIpc) is 3.17. The first-order valence-corrected chi connectivity index (χ1v) is 10.8. The number of carbonyl (C=O) groups is 2. The molecule has 8 heteroatoms. The number of rotatable bonds is 4. The van der Waals surface area contributed by atoms with Gasteiger partial charge in [-0.1, -0.05) is 0 Å². The molecule has 4 rings (SSSR count). The van der Waals surface area contributed by atoms with Crippen molar-refractivity contribution in [1.82, 2.24) is 19.8 Å². The highest BCUT2D eigenvalue weighted by molar-refractivity contribution is 5.93. The number of likely N-dealkylation sites (tertiary alicyclic amines) is 2. The minimum atomic E-state index is -0.321. The Labute approximate surface area is 181 Å². The van der Waals surface area contributed by atoms with Gasteiger partial charge >= 0.3 is 0 Å². The van der Waals surface area contributed by atoms with Crippen LogP contribution in [-0.2, 0) is 4.79 Å². The van der Waals surface area contributed by atoms with Crippen LogP contribution in [0, 0.1) is 24.6 Å². The molecule has 2 atom stereocenters. The summed E-state index contributed by atoms with van der Waals surface area (Å²) >= 11 is 0. The topological polar surface area (TPSA) is 78.4 Å². The summed E-state index contributed by atoms with van der Waals surface area (Å²) in [4.78, 5) is 37.9.